The molecule has 0 aromatic rings. The highest BCUT2D eigenvalue weighted by atomic mass is 16.6. The van der Waals surface area contributed by atoms with Gasteiger partial charge in [-0.2, -0.15) is 0 Å². The Morgan fingerprint density at radius 3 is 2.39 bits per heavy atom. The van der Waals surface area contributed by atoms with Crippen molar-refractivity contribution in [2.75, 3.05) is 40.9 Å². The number of aliphatic hydroxyl groups excluding tert-OH is 2. The number of hydrogen-bond acceptors (Lipinski definition) is 10. The molecule has 3 aliphatic carbocycles. The van der Waals surface area contributed by atoms with E-state index in [0.717, 1.165) is 0 Å². The number of methoxy groups -OCH3 is 1. The summed E-state index contributed by atoms with van der Waals surface area (Å²) in [5, 5.41) is 22.7. The van der Waals surface area contributed by atoms with Crippen LogP contribution in [-0.2, 0) is 28.6 Å². The molecule has 6 atom stereocenters. The van der Waals surface area contributed by atoms with Gasteiger partial charge in [-0.15, -0.1) is 0 Å². The summed E-state index contributed by atoms with van der Waals surface area (Å²) in [6.07, 6.45) is 0.569. The van der Waals surface area contributed by atoms with Crippen LogP contribution in [0.2, 0.25) is 0 Å². The lowest BCUT2D eigenvalue weighted by atomic mass is 9.53. The van der Waals surface area contributed by atoms with Gasteiger partial charge in [0.25, 0.3) is 0 Å². The van der Waals surface area contributed by atoms with Gasteiger partial charge in [0, 0.05) is 55.4 Å². The first kappa shape index (κ1) is 31.3. The molecule has 2 N–H and O–H groups in total. The van der Waals surface area contributed by atoms with Gasteiger partial charge in [-0.1, -0.05) is 6.92 Å². The van der Waals surface area contributed by atoms with Gasteiger partial charge < -0.3 is 34.2 Å². The molecule has 1 saturated carbocycles. The number of ether oxygens (including phenoxy) is 3. The van der Waals surface area contributed by atoms with E-state index in [1.165, 1.54) is 14.0 Å². The van der Waals surface area contributed by atoms with E-state index in [1.807, 2.05) is 58.5 Å². The number of aliphatic hydroxyl groups is 2. The summed E-state index contributed by atoms with van der Waals surface area (Å²) >= 11 is 0. The Kier molecular flexibility index (Phi) is 8.28. The smallest absolute Gasteiger partial charge is 0.340 e. The second-order valence-corrected chi connectivity index (χ2v) is 13.6. The van der Waals surface area contributed by atoms with Crippen molar-refractivity contribution in [2.45, 2.75) is 84.7 Å². The van der Waals surface area contributed by atoms with E-state index in [1.54, 1.807) is 6.20 Å². The average molecular weight is 575 g/mol. The zero-order valence-electron chi connectivity index (χ0n) is 25.9. The van der Waals surface area contributed by atoms with Crippen molar-refractivity contribution in [3.63, 3.8) is 0 Å². The summed E-state index contributed by atoms with van der Waals surface area (Å²) in [7, 11) is 5.42. The molecular formula is C31H46N2O8. The molecule has 4 rings (SSSR count). The molecule has 10 nitrogen and oxygen atoms in total. The first-order valence-electron chi connectivity index (χ1n) is 14.4. The Bertz CT molecular complexity index is 1210. The lowest BCUT2D eigenvalue weighted by Gasteiger charge is -2.54. The van der Waals surface area contributed by atoms with Crippen LogP contribution in [0.25, 0.3) is 0 Å². The molecule has 1 saturated heterocycles. The van der Waals surface area contributed by atoms with E-state index < -0.39 is 58.2 Å². The molecule has 0 radical (unpaired) electrons. The number of carbonyl (C=O) groups is 3. The second-order valence-electron chi connectivity index (χ2n) is 13.6. The number of allylic oxidation sites excluding steroid dienone is 1. The summed E-state index contributed by atoms with van der Waals surface area (Å²) in [6.45, 7) is 12.4. The van der Waals surface area contributed by atoms with Crippen LogP contribution >= 0.6 is 0 Å². The number of likely N-dealkylation sites (N-methyl/N-ethyl adjacent to an activating group) is 1. The summed E-state index contributed by atoms with van der Waals surface area (Å²) in [4.78, 5) is 44.3. The van der Waals surface area contributed by atoms with Gasteiger partial charge in [-0.25, -0.2) is 4.79 Å². The molecule has 1 heterocycles. The van der Waals surface area contributed by atoms with E-state index in [4.69, 9.17) is 14.2 Å². The number of nitrogens with zero attached hydrogens (tertiary/aromatic N) is 2. The number of fused-ring (bicyclic) bond motifs is 4. The summed E-state index contributed by atoms with van der Waals surface area (Å²) in [5.41, 5.74) is -1.22. The average Bonchev–Trinajstić information content (AvgIpc) is 3.14. The molecular weight excluding hydrogens is 528 g/mol. The minimum atomic E-state index is -1.23. The van der Waals surface area contributed by atoms with Gasteiger partial charge in [0.05, 0.1) is 23.7 Å². The highest BCUT2D eigenvalue weighted by Crippen LogP contribution is 2.63. The van der Waals surface area contributed by atoms with E-state index >= 15 is 0 Å². The standard InChI is InChI=1S/C31H46N2O8/c1-17(34)40-20-14-30(5)19(10-11-21(30)35)23-25(20)31(6)22(16-39-9)41-28(38)18(24(31)27(37)26(23)36)15-33(29(2,3)4)13-12-32(7)8/h15,19-22,35,37H,10-14,16H2,1-9H3/b18-15+/t19-,20+,21-,22+,30-,31-/m0/s1. The van der Waals surface area contributed by atoms with Gasteiger partial charge in [0.1, 0.15) is 12.2 Å². The largest absolute Gasteiger partial charge is 0.504 e. The highest BCUT2D eigenvalue weighted by Gasteiger charge is 2.64. The summed E-state index contributed by atoms with van der Waals surface area (Å²) in [6, 6.07) is 0. The number of hydrogen-bond donors (Lipinski definition) is 2. The van der Waals surface area contributed by atoms with Crippen molar-refractivity contribution in [3.8, 4) is 0 Å². The predicted molar refractivity (Wildman–Crippen MR) is 152 cm³/mol. The zero-order chi connectivity index (χ0) is 30.7. The van der Waals surface area contributed by atoms with Crippen molar-refractivity contribution in [3.05, 3.63) is 34.3 Å². The van der Waals surface area contributed by atoms with Crippen LogP contribution in [-0.4, -0.2) is 102 Å². The van der Waals surface area contributed by atoms with Gasteiger partial charge in [0.2, 0.25) is 5.78 Å². The number of esters is 2. The zero-order valence-corrected chi connectivity index (χ0v) is 25.9. The van der Waals surface area contributed by atoms with Gasteiger partial charge >= 0.3 is 11.9 Å². The minimum absolute atomic E-state index is 0.00175. The Balaban J connectivity index is 1.99. The fraction of sp³-hybridized carbons (Fsp3) is 0.710. The van der Waals surface area contributed by atoms with Crippen LogP contribution in [0, 0.1) is 16.7 Å². The van der Waals surface area contributed by atoms with Crippen molar-refractivity contribution in [1.82, 2.24) is 9.80 Å². The summed E-state index contributed by atoms with van der Waals surface area (Å²) < 4.78 is 17.4. The monoisotopic (exact) mass is 574 g/mol. The van der Waals surface area contributed by atoms with Crippen molar-refractivity contribution in [1.29, 1.82) is 0 Å². The lowest BCUT2D eigenvalue weighted by Crippen LogP contribution is -2.57. The Morgan fingerprint density at radius 1 is 1.17 bits per heavy atom. The van der Waals surface area contributed by atoms with Crippen molar-refractivity contribution >= 4 is 17.7 Å². The molecule has 41 heavy (non-hydrogen) atoms. The molecule has 0 amide bonds. The second kappa shape index (κ2) is 10.9. The Hall–Kier alpha value is -2.69. The molecule has 10 heteroatoms. The van der Waals surface area contributed by atoms with Crippen LogP contribution in [0.15, 0.2) is 34.3 Å². The number of rotatable bonds is 7. The fourth-order valence-electron chi connectivity index (χ4n) is 7.33. The van der Waals surface area contributed by atoms with Crippen LogP contribution < -0.4 is 0 Å². The molecule has 0 unspecified atom stereocenters. The van der Waals surface area contributed by atoms with E-state index in [0.29, 0.717) is 43.5 Å². The Morgan fingerprint density at radius 2 is 1.83 bits per heavy atom. The van der Waals surface area contributed by atoms with Crippen LogP contribution in [0.3, 0.4) is 0 Å². The van der Waals surface area contributed by atoms with Crippen molar-refractivity contribution < 1.29 is 38.8 Å². The Labute approximate surface area is 243 Å². The summed E-state index contributed by atoms with van der Waals surface area (Å²) in [5.74, 6) is -2.65. The molecule has 228 valence electrons. The third kappa shape index (κ3) is 5.12. The van der Waals surface area contributed by atoms with E-state index in [2.05, 4.69) is 0 Å². The van der Waals surface area contributed by atoms with Gasteiger partial charge in [-0.3, -0.25) is 9.59 Å². The maximum Gasteiger partial charge on any atom is 0.340 e. The molecule has 1 aliphatic heterocycles. The number of cyclic esters (lactones) is 1. The third-order valence-corrected chi connectivity index (χ3v) is 9.59. The predicted octanol–water partition coefficient (Wildman–Crippen LogP) is 2.91. The maximum absolute atomic E-state index is 14.2. The number of Topliss-reactive ketones (excluding diaryl/α,β-unsaturated/α-hetero) is 1. The van der Waals surface area contributed by atoms with Crippen LogP contribution in [0.5, 0.6) is 0 Å². The van der Waals surface area contributed by atoms with E-state index in [-0.39, 0.29) is 23.7 Å². The quantitative estimate of drug-likeness (QED) is 0.346. The molecule has 2 fully saturated rings. The molecule has 4 aliphatic rings. The highest BCUT2D eigenvalue weighted by molar-refractivity contribution is 6.13. The lowest BCUT2D eigenvalue weighted by molar-refractivity contribution is -0.161. The van der Waals surface area contributed by atoms with Gasteiger partial charge in [-0.05, 0) is 72.5 Å². The first-order valence-corrected chi connectivity index (χ1v) is 14.4. The SMILES string of the molecule is COC[C@H]1OC(=O)/C(=C/N(CCN(C)C)C(C)(C)C)C2=C(O)C(=O)C3=C([C@H](OC(C)=O)C[C@]4(C)[C@@H](O)CC[C@@H]34)[C@]21C. The van der Waals surface area contributed by atoms with E-state index in [9.17, 15) is 24.6 Å². The normalized spacial score (nSPS) is 34.5. The molecule has 0 aromatic heterocycles. The van der Waals surface area contributed by atoms with Crippen LogP contribution in [0.1, 0.15) is 60.8 Å². The van der Waals surface area contributed by atoms with Gasteiger partial charge in [0.15, 0.2) is 5.76 Å². The maximum atomic E-state index is 14.2. The molecule has 0 bridgehead atoms. The first-order chi connectivity index (χ1) is 19.0. The topological polar surface area (TPSA) is 126 Å². The third-order valence-electron chi connectivity index (χ3n) is 9.59. The van der Waals surface area contributed by atoms with Crippen LogP contribution in [0.4, 0.5) is 0 Å². The number of carbonyl (C=O) groups excluding carboxylic acids is 3. The van der Waals surface area contributed by atoms with Crippen molar-refractivity contribution in [2.24, 2.45) is 16.7 Å². The number of ketones is 1. The molecule has 0 aromatic carbocycles. The molecule has 0 spiro atoms. The fourth-order valence-corrected chi connectivity index (χ4v) is 7.33. The minimum Gasteiger partial charge on any atom is -0.504 e.